The average molecular weight is 244 g/mol. The van der Waals surface area contributed by atoms with Gasteiger partial charge in [-0.25, -0.2) is 0 Å². The number of rotatable bonds is 4. The highest BCUT2D eigenvalue weighted by Crippen LogP contribution is 2.63. The van der Waals surface area contributed by atoms with Crippen LogP contribution in [0.25, 0.3) is 11.5 Å². The number of fused-ring (bicyclic) bond motifs is 3. The second-order valence-electron chi connectivity index (χ2n) is 5.40. The predicted octanol–water partition coefficient (Wildman–Crippen LogP) is 1.67. The molecule has 2 heterocycles. The number of hydrogen-bond acceptors (Lipinski definition) is 4. The van der Waals surface area contributed by atoms with Gasteiger partial charge in [-0.3, -0.25) is 5.10 Å². The molecule has 0 amide bonds. The van der Waals surface area contributed by atoms with E-state index in [1.54, 1.807) is 0 Å². The van der Waals surface area contributed by atoms with E-state index in [1.165, 1.54) is 30.5 Å². The molecule has 2 aromatic rings. The third kappa shape index (κ3) is 1.28. The minimum atomic E-state index is 0.610. The summed E-state index contributed by atoms with van der Waals surface area (Å²) in [5, 5.41) is 21.7. The fourth-order valence-electron chi connectivity index (χ4n) is 3.53. The van der Waals surface area contributed by atoms with Crippen LogP contribution in [0.1, 0.15) is 43.4 Å². The van der Waals surface area contributed by atoms with Gasteiger partial charge >= 0.3 is 0 Å². The molecule has 2 aliphatic carbocycles. The molecule has 0 saturated heterocycles. The Hall–Kier alpha value is -1.72. The van der Waals surface area contributed by atoms with Crippen molar-refractivity contribution in [1.29, 1.82) is 0 Å². The number of H-pyrrole nitrogens is 2. The first-order chi connectivity index (χ1) is 8.90. The van der Waals surface area contributed by atoms with Crippen LogP contribution in [0.5, 0.6) is 0 Å². The van der Waals surface area contributed by atoms with E-state index in [0.717, 1.165) is 29.9 Å². The summed E-state index contributed by atoms with van der Waals surface area (Å²) >= 11 is 0. The zero-order valence-electron chi connectivity index (χ0n) is 10.3. The molecule has 1 saturated carbocycles. The third-order valence-electron chi connectivity index (χ3n) is 4.45. The Morgan fingerprint density at radius 1 is 1.33 bits per heavy atom. The molecule has 6 heteroatoms. The van der Waals surface area contributed by atoms with Crippen LogP contribution < -0.4 is 0 Å². The van der Waals surface area contributed by atoms with Gasteiger partial charge < -0.3 is 0 Å². The molecular weight excluding hydrogens is 228 g/mol. The van der Waals surface area contributed by atoms with Gasteiger partial charge in [-0.2, -0.15) is 10.3 Å². The van der Waals surface area contributed by atoms with Gasteiger partial charge in [0.25, 0.3) is 0 Å². The summed E-state index contributed by atoms with van der Waals surface area (Å²) in [7, 11) is 0. The molecule has 18 heavy (non-hydrogen) atoms. The largest absolute Gasteiger partial charge is 0.281 e. The zero-order valence-corrected chi connectivity index (χ0v) is 10.3. The maximum absolute atomic E-state index is 4.36. The summed E-state index contributed by atoms with van der Waals surface area (Å²) in [6.45, 7) is 2.26. The van der Waals surface area contributed by atoms with Crippen molar-refractivity contribution in [1.82, 2.24) is 30.8 Å². The van der Waals surface area contributed by atoms with Gasteiger partial charge in [0.2, 0.25) is 5.82 Å². The molecule has 0 radical (unpaired) electrons. The number of hydrogen-bond donors (Lipinski definition) is 2. The van der Waals surface area contributed by atoms with Crippen LogP contribution in [0.2, 0.25) is 0 Å². The van der Waals surface area contributed by atoms with E-state index in [9.17, 15) is 0 Å². The highest BCUT2D eigenvalue weighted by molar-refractivity contribution is 5.59. The van der Waals surface area contributed by atoms with E-state index >= 15 is 0 Å². The highest BCUT2D eigenvalue weighted by atomic mass is 15.5. The topological polar surface area (TPSA) is 83.1 Å². The lowest BCUT2D eigenvalue weighted by Crippen LogP contribution is -1.94. The molecule has 0 bridgehead atoms. The molecule has 0 unspecified atom stereocenters. The first kappa shape index (κ1) is 10.2. The number of aromatic amines is 2. The van der Waals surface area contributed by atoms with Gasteiger partial charge in [0, 0.05) is 17.2 Å². The lowest BCUT2D eigenvalue weighted by Gasteiger charge is -2.02. The Balaban J connectivity index is 1.60. The monoisotopic (exact) mass is 244 g/mol. The van der Waals surface area contributed by atoms with Crippen molar-refractivity contribution in [3.63, 3.8) is 0 Å². The Bertz CT molecular complexity index is 557. The van der Waals surface area contributed by atoms with Gasteiger partial charge in [0.15, 0.2) is 0 Å². The first-order valence-corrected chi connectivity index (χ1v) is 6.71. The van der Waals surface area contributed by atoms with Crippen molar-refractivity contribution in [2.75, 3.05) is 0 Å². The molecule has 1 fully saturated rings. The minimum Gasteiger partial charge on any atom is -0.281 e. The van der Waals surface area contributed by atoms with E-state index in [2.05, 4.69) is 37.7 Å². The fourth-order valence-corrected chi connectivity index (χ4v) is 3.53. The zero-order chi connectivity index (χ0) is 12.1. The van der Waals surface area contributed by atoms with Crippen molar-refractivity contribution in [3.05, 3.63) is 11.3 Å². The van der Waals surface area contributed by atoms with Crippen LogP contribution in [-0.2, 0) is 6.42 Å². The van der Waals surface area contributed by atoms with Crippen LogP contribution in [0.15, 0.2) is 0 Å². The van der Waals surface area contributed by atoms with Crippen molar-refractivity contribution < 1.29 is 0 Å². The van der Waals surface area contributed by atoms with Gasteiger partial charge in [-0.05, 0) is 29.9 Å². The van der Waals surface area contributed by atoms with Crippen molar-refractivity contribution in [3.8, 4) is 11.5 Å². The van der Waals surface area contributed by atoms with Crippen molar-refractivity contribution in [2.45, 2.75) is 38.5 Å². The van der Waals surface area contributed by atoms with Crippen LogP contribution in [0, 0.1) is 11.8 Å². The maximum Gasteiger partial charge on any atom is 0.225 e. The third-order valence-corrected chi connectivity index (χ3v) is 4.45. The Kier molecular flexibility index (Phi) is 2.06. The van der Waals surface area contributed by atoms with E-state index in [-0.39, 0.29) is 0 Å². The molecule has 4 rings (SSSR count). The molecule has 0 aliphatic heterocycles. The second kappa shape index (κ2) is 3.63. The van der Waals surface area contributed by atoms with Gasteiger partial charge in [0.05, 0.1) is 0 Å². The van der Waals surface area contributed by atoms with E-state index in [4.69, 9.17) is 0 Å². The summed E-state index contributed by atoms with van der Waals surface area (Å²) < 4.78 is 0. The molecule has 3 atom stereocenters. The molecule has 2 aromatic heterocycles. The van der Waals surface area contributed by atoms with Gasteiger partial charge in [-0.1, -0.05) is 19.8 Å². The van der Waals surface area contributed by atoms with Crippen LogP contribution >= 0.6 is 0 Å². The number of nitrogens with zero attached hydrogens (tertiary/aromatic N) is 4. The quantitative estimate of drug-likeness (QED) is 0.856. The fraction of sp³-hybridized carbons (Fsp3) is 0.667. The van der Waals surface area contributed by atoms with Crippen LogP contribution in [0.3, 0.4) is 0 Å². The summed E-state index contributed by atoms with van der Waals surface area (Å²) in [5.41, 5.74) is 3.54. The van der Waals surface area contributed by atoms with Crippen LogP contribution in [-0.4, -0.2) is 30.8 Å². The summed E-state index contributed by atoms with van der Waals surface area (Å²) in [6, 6.07) is 0. The summed E-state index contributed by atoms with van der Waals surface area (Å²) in [4.78, 5) is 0. The standard InChI is InChI=1S/C12H16N6/c1-2-3-4-6-7-5-8-10(9(6)7)13-14-11(8)12-15-17-18-16-12/h6-7,9H,2-5H2,1H3,(H,13,14)(H,15,16,17,18)/t6-,7-,9+/m1/s1. The lowest BCUT2D eigenvalue weighted by molar-refractivity contribution is 0.590. The SMILES string of the molecule is CCCC[C@@H]1[C@H]2Cc3c(-c4nn[nH]n4)n[nH]c3[C@@H]12. The minimum absolute atomic E-state index is 0.610. The highest BCUT2D eigenvalue weighted by Gasteiger charge is 2.56. The number of unbranched alkanes of at least 4 members (excludes halogenated alkanes) is 1. The Labute approximate surface area is 105 Å². The normalized spacial score (nSPS) is 28.2. The second-order valence-corrected chi connectivity index (χ2v) is 5.40. The summed E-state index contributed by atoms with van der Waals surface area (Å²) in [5.74, 6) is 3.06. The molecule has 0 spiro atoms. The van der Waals surface area contributed by atoms with Crippen LogP contribution in [0.4, 0.5) is 0 Å². The van der Waals surface area contributed by atoms with Gasteiger partial charge in [0.1, 0.15) is 5.69 Å². The van der Waals surface area contributed by atoms with E-state index in [0.29, 0.717) is 5.82 Å². The van der Waals surface area contributed by atoms with E-state index in [1.807, 2.05) is 0 Å². The number of nitrogens with one attached hydrogen (secondary N) is 2. The van der Waals surface area contributed by atoms with Crippen molar-refractivity contribution in [2.24, 2.45) is 11.8 Å². The molecule has 6 nitrogen and oxygen atoms in total. The van der Waals surface area contributed by atoms with Crippen molar-refractivity contribution >= 4 is 0 Å². The number of aromatic nitrogens is 6. The first-order valence-electron chi connectivity index (χ1n) is 6.71. The Morgan fingerprint density at radius 2 is 2.28 bits per heavy atom. The molecule has 2 N–H and O–H groups in total. The average Bonchev–Trinajstić information content (AvgIpc) is 2.86. The molecular formula is C12H16N6. The lowest BCUT2D eigenvalue weighted by atomic mass is 10.0. The van der Waals surface area contributed by atoms with E-state index < -0.39 is 0 Å². The Morgan fingerprint density at radius 3 is 3.06 bits per heavy atom. The molecule has 2 aliphatic rings. The molecule has 94 valence electrons. The predicted molar refractivity (Wildman–Crippen MR) is 64.7 cm³/mol. The smallest absolute Gasteiger partial charge is 0.225 e. The molecule has 0 aromatic carbocycles. The number of tetrazole rings is 1. The maximum atomic E-state index is 4.36. The van der Waals surface area contributed by atoms with Gasteiger partial charge in [-0.15, -0.1) is 10.2 Å². The summed E-state index contributed by atoms with van der Waals surface area (Å²) in [6.07, 6.45) is 5.13.